The van der Waals surface area contributed by atoms with Crippen LogP contribution in [0, 0.1) is 17.1 Å². The molecule has 0 saturated carbocycles. The van der Waals surface area contributed by atoms with Crippen molar-refractivity contribution >= 4 is 16.1 Å². The quantitative estimate of drug-likeness (QED) is 0.514. The number of amides is 1. The standard InChI is InChI=1S/C22H23F6N3O3S/c1-33-18-11-30-12-21(34-13-18)22(32)31-17(10-29)8-16-3-2-15(9-20(16)23)14-4-6-19(7-5-14)35(24,25,26,27)28/h2-7,9,17-18,21,30H,8,11-13H2,1H3,(H,31,32)/t17-,18+,21-/m0/s1. The van der Waals surface area contributed by atoms with Crippen molar-refractivity contribution < 1.29 is 38.1 Å². The fourth-order valence-electron chi connectivity index (χ4n) is 3.45. The van der Waals surface area contributed by atoms with Crippen molar-refractivity contribution in [2.75, 3.05) is 26.8 Å². The first-order chi connectivity index (χ1) is 16.2. The Morgan fingerprint density at radius 1 is 1.17 bits per heavy atom. The number of hydrogen-bond donors (Lipinski definition) is 2. The lowest BCUT2D eigenvalue weighted by molar-refractivity contribution is -0.133. The molecule has 13 heteroatoms. The van der Waals surface area contributed by atoms with Crippen molar-refractivity contribution in [3.05, 3.63) is 53.8 Å². The fraction of sp³-hybridized carbons (Fsp3) is 0.364. The molecule has 0 aromatic heterocycles. The number of benzene rings is 2. The van der Waals surface area contributed by atoms with Crippen molar-refractivity contribution in [1.29, 1.82) is 5.26 Å². The minimum absolute atomic E-state index is 0.0728. The fourth-order valence-corrected chi connectivity index (χ4v) is 4.10. The molecule has 6 nitrogen and oxygen atoms in total. The van der Waals surface area contributed by atoms with E-state index in [1.165, 1.54) is 19.2 Å². The molecule has 1 amide bonds. The third-order valence-electron chi connectivity index (χ3n) is 5.39. The zero-order valence-electron chi connectivity index (χ0n) is 18.4. The molecule has 0 bridgehead atoms. The summed E-state index contributed by atoms with van der Waals surface area (Å²) >= 11 is 0. The molecule has 192 valence electrons. The second-order valence-electron chi connectivity index (χ2n) is 8.03. The van der Waals surface area contributed by atoms with E-state index in [2.05, 4.69) is 10.6 Å². The van der Waals surface area contributed by atoms with Crippen LogP contribution in [-0.2, 0) is 20.7 Å². The molecule has 1 saturated heterocycles. The van der Waals surface area contributed by atoms with Crippen LogP contribution in [0.1, 0.15) is 5.56 Å². The Balaban J connectivity index is 1.68. The Labute approximate surface area is 197 Å². The molecule has 2 aromatic carbocycles. The number of halogens is 6. The summed E-state index contributed by atoms with van der Waals surface area (Å²) in [4.78, 5) is 10.4. The van der Waals surface area contributed by atoms with E-state index < -0.39 is 39.0 Å². The van der Waals surface area contributed by atoms with Gasteiger partial charge in [-0.2, -0.15) is 5.26 Å². The first kappa shape index (κ1) is 26.8. The summed E-state index contributed by atoms with van der Waals surface area (Å²) in [6.45, 7) is 0.869. The van der Waals surface area contributed by atoms with Gasteiger partial charge in [0.15, 0.2) is 0 Å². The molecule has 3 atom stereocenters. The zero-order chi connectivity index (χ0) is 25.9. The van der Waals surface area contributed by atoms with Gasteiger partial charge in [0, 0.05) is 26.6 Å². The van der Waals surface area contributed by atoms with E-state index in [0.29, 0.717) is 6.54 Å². The summed E-state index contributed by atoms with van der Waals surface area (Å²) in [7, 11) is -8.29. The number of ether oxygens (including phenoxy) is 2. The lowest BCUT2D eigenvalue weighted by atomic mass is 10.00. The van der Waals surface area contributed by atoms with Gasteiger partial charge < -0.3 is 20.1 Å². The molecule has 1 aliphatic rings. The minimum Gasteiger partial charge on any atom is -0.378 e. The molecule has 2 aromatic rings. The second-order valence-corrected chi connectivity index (χ2v) is 10.4. The van der Waals surface area contributed by atoms with E-state index in [0.717, 1.165) is 18.2 Å². The Hall–Kier alpha value is -2.79. The molecular formula is C22H23F6N3O3S. The summed E-state index contributed by atoms with van der Waals surface area (Å²) in [5, 5.41) is 14.9. The molecule has 0 spiro atoms. The van der Waals surface area contributed by atoms with Crippen molar-refractivity contribution in [3.63, 3.8) is 0 Å². The van der Waals surface area contributed by atoms with Crippen LogP contribution in [0.25, 0.3) is 11.1 Å². The Bertz CT molecular complexity index is 1120. The third-order valence-corrected chi connectivity index (χ3v) is 6.56. The van der Waals surface area contributed by atoms with Crippen LogP contribution >= 0.6 is 10.2 Å². The van der Waals surface area contributed by atoms with Gasteiger partial charge in [-0.1, -0.05) is 43.7 Å². The topological polar surface area (TPSA) is 83.4 Å². The molecule has 0 aliphatic carbocycles. The van der Waals surface area contributed by atoms with Crippen molar-refractivity contribution in [3.8, 4) is 17.2 Å². The van der Waals surface area contributed by atoms with Gasteiger partial charge in [0.1, 0.15) is 22.9 Å². The average Bonchev–Trinajstić information content (AvgIpc) is 3.04. The molecule has 35 heavy (non-hydrogen) atoms. The monoisotopic (exact) mass is 523 g/mol. The van der Waals surface area contributed by atoms with Crippen LogP contribution in [-0.4, -0.2) is 51.0 Å². The lowest BCUT2D eigenvalue weighted by Crippen LogP contribution is -2.46. The summed E-state index contributed by atoms with van der Waals surface area (Å²) in [6.07, 6.45) is -1.28. The van der Waals surface area contributed by atoms with Crippen molar-refractivity contribution in [2.24, 2.45) is 0 Å². The highest BCUT2D eigenvalue weighted by atomic mass is 32.5. The Morgan fingerprint density at radius 3 is 2.40 bits per heavy atom. The summed E-state index contributed by atoms with van der Waals surface area (Å²) in [6, 6.07) is 6.68. The third kappa shape index (κ3) is 7.11. The molecule has 0 radical (unpaired) electrons. The van der Waals surface area contributed by atoms with Gasteiger partial charge in [-0.25, -0.2) is 4.39 Å². The molecule has 2 N–H and O–H groups in total. The van der Waals surface area contributed by atoms with Gasteiger partial charge >= 0.3 is 10.2 Å². The largest absolute Gasteiger partial charge is 0.378 e. The first-order valence-corrected chi connectivity index (χ1v) is 12.3. The van der Waals surface area contributed by atoms with Crippen LogP contribution in [0.5, 0.6) is 0 Å². The van der Waals surface area contributed by atoms with Crippen LogP contribution in [0.2, 0.25) is 0 Å². The maximum absolute atomic E-state index is 14.7. The highest BCUT2D eigenvalue weighted by molar-refractivity contribution is 8.45. The normalized spacial score (nSPS) is 21.7. The van der Waals surface area contributed by atoms with Crippen LogP contribution in [0.15, 0.2) is 47.4 Å². The van der Waals surface area contributed by atoms with Crippen molar-refractivity contribution in [2.45, 2.75) is 29.6 Å². The number of nitrogens with one attached hydrogen (secondary N) is 2. The minimum atomic E-state index is -9.80. The lowest BCUT2D eigenvalue weighted by Gasteiger charge is -2.40. The molecule has 3 rings (SSSR count). The van der Waals surface area contributed by atoms with Gasteiger partial charge in [-0.15, -0.1) is 0 Å². The van der Waals surface area contributed by atoms with E-state index in [4.69, 9.17) is 9.47 Å². The maximum Gasteiger partial charge on any atom is 0.310 e. The van der Waals surface area contributed by atoms with E-state index in [1.54, 1.807) is 0 Å². The van der Waals surface area contributed by atoms with E-state index in [9.17, 15) is 33.9 Å². The number of carbonyl (C=O) groups excluding carboxylic acids is 1. The number of hydrogen-bond acceptors (Lipinski definition) is 5. The first-order valence-electron chi connectivity index (χ1n) is 10.4. The molecule has 1 heterocycles. The highest BCUT2D eigenvalue weighted by Gasteiger charge is 2.65. The Kier molecular flexibility index (Phi) is 7.16. The molecule has 0 unspecified atom stereocenters. The van der Waals surface area contributed by atoms with E-state index in [1.807, 2.05) is 6.07 Å². The van der Waals surface area contributed by atoms with E-state index >= 15 is 0 Å². The summed E-state index contributed by atoms with van der Waals surface area (Å²) in [5.74, 6) is -1.33. The zero-order valence-corrected chi connectivity index (χ0v) is 19.3. The summed E-state index contributed by atoms with van der Waals surface area (Å²) in [5.41, 5.74) is 0.324. The Morgan fingerprint density at radius 2 is 1.83 bits per heavy atom. The van der Waals surface area contributed by atoms with Crippen LogP contribution < -0.4 is 10.6 Å². The highest BCUT2D eigenvalue weighted by Crippen LogP contribution is 3.02. The molecule has 1 fully saturated rings. The maximum atomic E-state index is 14.7. The van der Waals surface area contributed by atoms with Crippen LogP contribution in [0.3, 0.4) is 0 Å². The predicted molar refractivity (Wildman–Crippen MR) is 118 cm³/mol. The van der Waals surface area contributed by atoms with Gasteiger partial charge in [0.05, 0.1) is 18.8 Å². The van der Waals surface area contributed by atoms with Gasteiger partial charge in [-0.05, 0) is 34.9 Å². The number of carbonyl (C=O) groups is 1. The number of rotatable bonds is 7. The molecule has 1 aliphatic heterocycles. The van der Waals surface area contributed by atoms with Crippen molar-refractivity contribution in [1.82, 2.24) is 10.6 Å². The number of methoxy groups -OCH3 is 1. The number of nitriles is 1. The van der Waals surface area contributed by atoms with Gasteiger partial charge in [-0.3, -0.25) is 4.79 Å². The second kappa shape index (κ2) is 9.34. The van der Waals surface area contributed by atoms with E-state index in [-0.39, 0.29) is 54.5 Å². The summed E-state index contributed by atoms with van der Waals surface area (Å²) < 4.78 is 89.8. The molecular weight excluding hydrogens is 500 g/mol. The van der Waals surface area contributed by atoms with Gasteiger partial charge in [0.25, 0.3) is 5.91 Å². The average molecular weight is 523 g/mol. The SMILES string of the molecule is CO[C@@H]1CNC[C@@H](C(=O)N[C@H](C#N)Cc2ccc(-c3ccc(S(F)(F)(F)(F)F)cc3)cc2F)OC1. The number of nitrogens with zero attached hydrogens (tertiary/aromatic N) is 1. The predicted octanol–water partition coefficient (Wildman–Crippen LogP) is 4.70. The van der Waals surface area contributed by atoms with Gasteiger partial charge in [0.2, 0.25) is 0 Å². The van der Waals surface area contributed by atoms with Crippen LogP contribution in [0.4, 0.5) is 23.8 Å². The smallest absolute Gasteiger partial charge is 0.310 e.